The van der Waals surface area contributed by atoms with Gasteiger partial charge in [0.05, 0.1) is 22.8 Å². The highest BCUT2D eigenvalue weighted by Gasteiger charge is 2.23. The molecule has 2 aromatic carbocycles. The van der Waals surface area contributed by atoms with E-state index in [1.807, 2.05) is 30.3 Å². The molecule has 7 heteroatoms. The molecule has 0 aliphatic carbocycles. The standard InChI is InChI=1S/C18H14Cl2N2O3/c19-13-6-7-14(15(20)10-13)18(24)25-11-17(23)22-9-8-16(21-22)12-4-2-1-3-5-12/h1-7,10H,8-9,11H2. The van der Waals surface area contributed by atoms with Gasteiger partial charge < -0.3 is 4.74 Å². The summed E-state index contributed by atoms with van der Waals surface area (Å²) in [5.74, 6) is -1.06. The van der Waals surface area contributed by atoms with E-state index < -0.39 is 12.6 Å². The van der Waals surface area contributed by atoms with Crippen molar-refractivity contribution in [1.29, 1.82) is 0 Å². The maximum absolute atomic E-state index is 12.2. The minimum Gasteiger partial charge on any atom is -0.452 e. The van der Waals surface area contributed by atoms with Crippen molar-refractivity contribution in [3.05, 3.63) is 69.7 Å². The Kier molecular flexibility index (Phi) is 5.36. The van der Waals surface area contributed by atoms with Crippen molar-refractivity contribution < 1.29 is 14.3 Å². The molecule has 0 radical (unpaired) electrons. The summed E-state index contributed by atoms with van der Waals surface area (Å²) in [4.78, 5) is 24.2. The second-order valence-corrected chi connectivity index (χ2v) is 6.22. The summed E-state index contributed by atoms with van der Waals surface area (Å²) < 4.78 is 5.04. The van der Waals surface area contributed by atoms with Gasteiger partial charge in [0.2, 0.25) is 0 Å². The Morgan fingerprint density at radius 3 is 2.60 bits per heavy atom. The number of carbonyl (C=O) groups excluding carboxylic acids is 2. The Bertz CT molecular complexity index is 837. The van der Waals surface area contributed by atoms with E-state index in [0.717, 1.165) is 11.3 Å². The molecule has 1 heterocycles. The van der Waals surface area contributed by atoms with Gasteiger partial charge in [-0.25, -0.2) is 9.80 Å². The van der Waals surface area contributed by atoms with Gasteiger partial charge in [-0.2, -0.15) is 5.10 Å². The van der Waals surface area contributed by atoms with Crippen LogP contribution in [0.4, 0.5) is 0 Å². The lowest BCUT2D eigenvalue weighted by Crippen LogP contribution is -2.28. The van der Waals surface area contributed by atoms with Gasteiger partial charge in [-0.3, -0.25) is 4.79 Å². The molecule has 0 atom stereocenters. The molecule has 3 rings (SSSR count). The maximum Gasteiger partial charge on any atom is 0.340 e. The number of carbonyl (C=O) groups is 2. The predicted molar refractivity (Wildman–Crippen MR) is 96.1 cm³/mol. The first kappa shape index (κ1) is 17.5. The van der Waals surface area contributed by atoms with Crippen molar-refractivity contribution in [2.75, 3.05) is 13.2 Å². The first-order valence-electron chi connectivity index (χ1n) is 7.60. The van der Waals surface area contributed by atoms with Crippen molar-refractivity contribution in [3.8, 4) is 0 Å². The van der Waals surface area contributed by atoms with Crippen molar-refractivity contribution in [3.63, 3.8) is 0 Å². The zero-order valence-corrected chi connectivity index (χ0v) is 14.6. The number of hydrogen-bond acceptors (Lipinski definition) is 4. The largest absolute Gasteiger partial charge is 0.452 e. The van der Waals surface area contributed by atoms with Gasteiger partial charge >= 0.3 is 5.97 Å². The lowest BCUT2D eigenvalue weighted by atomic mass is 10.1. The minimum atomic E-state index is -0.679. The maximum atomic E-state index is 12.2. The van der Waals surface area contributed by atoms with E-state index >= 15 is 0 Å². The van der Waals surface area contributed by atoms with E-state index in [1.54, 1.807) is 0 Å². The van der Waals surface area contributed by atoms with Crippen molar-refractivity contribution in [2.24, 2.45) is 5.10 Å². The molecule has 5 nitrogen and oxygen atoms in total. The number of nitrogens with zero attached hydrogens (tertiary/aromatic N) is 2. The van der Waals surface area contributed by atoms with Crippen molar-refractivity contribution in [1.82, 2.24) is 5.01 Å². The second-order valence-electron chi connectivity index (χ2n) is 5.38. The van der Waals surface area contributed by atoms with Gasteiger partial charge in [-0.05, 0) is 23.8 Å². The lowest BCUT2D eigenvalue weighted by Gasteiger charge is -2.12. The summed E-state index contributed by atoms with van der Waals surface area (Å²) >= 11 is 11.7. The van der Waals surface area contributed by atoms with Crippen LogP contribution in [0.5, 0.6) is 0 Å². The monoisotopic (exact) mass is 376 g/mol. The Morgan fingerprint density at radius 2 is 1.88 bits per heavy atom. The molecule has 25 heavy (non-hydrogen) atoms. The van der Waals surface area contributed by atoms with Gasteiger partial charge in [0.15, 0.2) is 6.61 Å². The molecule has 1 aliphatic rings. The van der Waals surface area contributed by atoms with Crippen LogP contribution in [0, 0.1) is 0 Å². The summed E-state index contributed by atoms with van der Waals surface area (Å²) in [5, 5.41) is 6.21. The zero-order chi connectivity index (χ0) is 17.8. The van der Waals surface area contributed by atoms with Gasteiger partial charge in [0, 0.05) is 11.4 Å². The number of rotatable bonds is 4. The van der Waals surface area contributed by atoms with E-state index in [4.69, 9.17) is 27.9 Å². The van der Waals surface area contributed by atoms with E-state index in [0.29, 0.717) is 18.0 Å². The molecule has 2 aromatic rings. The number of halogens is 2. The quantitative estimate of drug-likeness (QED) is 0.762. The average molecular weight is 377 g/mol. The molecule has 0 bridgehead atoms. The fourth-order valence-electron chi connectivity index (χ4n) is 2.41. The Balaban J connectivity index is 1.60. The van der Waals surface area contributed by atoms with Crippen LogP contribution in [0.15, 0.2) is 53.6 Å². The van der Waals surface area contributed by atoms with Crippen LogP contribution in [0.2, 0.25) is 10.0 Å². The summed E-state index contributed by atoms with van der Waals surface area (Å²) in [6, 6.07) is 14.1. The van der Waals surface area contributed by atoms with Crippen LogP contribution < -0.4 is 0 Å². The number of benzene rings is 2. The fourth-order valence-corrected chi connectivity index (χ4v) is 2.89. The molecular weight excluding hydrogens is 363 g/mol. The molecule has 1 amide bonds. The van der Waals surface area contributed by atoms with Crippen molar-refractivity contribution in [2.45, 2.75) is 6.42 Å². The van der Waals surface area contributed by atoms with Crippen LogP contribution in [-0.4, -0.2) is 35.7 Å². The summed E-state index contributed by atoms with van der Waals surface area (Å²) in [7, 11) is 0. The molecule has 0 saturated carbocycles. The molecule has 0 aromatic heterocycles. The normalized spacial score (nSPS) is 13.5. The number of ether oxygens (including phenoxy) is 1. The SMILES string of the molecule is O=C(OCC(=O)N1CCC(c2ccccc2)=N1)c1ccc(Cl)cc1Cl. The fraction of sp³-hybridized carbons (Fsp3) is 0.167. The van der Waals surface area contributed by atoms with Crippen LogP contribution in [0.3, 0.4) is 0 Å². The van der Waals surface area contributed by atoms with Crippen LogP contribution in [0.1, 0.15) is 22.3 Å². The van der Waals surface area contributed by atoms with Crippen LogP contribution in [0.25, 0.3) is 0 Å². The van der Waals surface area contributed by atoms with E-state index in [9.17, 15) is 9.59 Å². The first-order valence-corrected chi connectivity index (χ1v) is 8.35. The first-order chi connectivity index (χ1) is 12.0. The smallest absolute Gasteiger partial charge is 0.340 e. The van der Waals surface area contributed by atoms with E-state index in [-0.39, 0.29) is 16.5 Å². The van der Waals surface area contributed by atoms with E-state index in [1.165, 1.54) is 23.2 Å². The Morgan fingerprint density at radius 1 is 1.12 bits per heavy atom. The summed E-state index contributed by atoms with van der Waals surface area (Å²) in [6.45, 7) is 0.0612. The average Bonchev–Trinajstić information content (AvgIpc) is 3.10. The van der Waals surface area contributed by atoms with Gasteiger partial charge in [0.1, 0.15) is 0 Å². The molecule has 0 spiro atoms. The van der Waals surface area contributed by atoms with Gasteiger partial charge in [-0.1, -0.05) is 53.5 Å². The highest BCUT2D eigenvalue weighted by molar-refractivity contribution is 6.36. The predicted octanol–water partition coefficient (Wildman–Crippen LogP) is 3.79. The van der Waals surface area contributed by atoms with Gasteiger partial charge in [-0.15, -0.1) is 0 Å². The molecular formula is C18H14Cl2N2O3. The molecule has 0 unspecified atom stereocenters. The van der Waals surface area contributed by atoms with Crippen LogP contribution >= 0.6 is 23.2 Å². The Hall–Kier alpha value is -2.37. The van der Waals surface area contributed by atoms with Gasteiger partial charge in [0.25, 0.3) is 5.91 Å². The molecule has 0 fully saturated rings. The number of hydrazone groups is 1. The minimum absolute atomic E-state index is 0.161. The van der Waals surface area contributed by atoms with Crippen molar-refractivity contribution >= 4 is 40.8 Å². The highest BCUT2D eigenvalue weighted by Crippen LogP contribution is 2.21. The summed E-state index contributed by atoms with van der Waals surface area (Å²) in [6.07, 6.45) is 0.659. The van der Waals surface area contributed by atoms with E-state index in [2.05, 4.69) is 5.10 Å². The molecule has 0 N–H and O–H groups in total. The molecule has 1 aliphatic heterocycles. The number of hydrogen-bond donors (Lipinski definition) is 0. The third kappa shape index (κ3) is 4.18. The van der Waals surface area contributed by atoms with Crippen LogP contribution in [-0.2, 0) is 9.53 Å². The Labute approximate surface area is 154 Å². The highest BCUT2D eigenvalue weighted by atomic mass is 35.5. The molecule has 128 valence electrons. The molecule has 0 saturated heterocycles. The second kappa shape index (κ2) is 7.68. The third-order valence-corrected chi connectivity index (χ3v) is 4.22. The zero-order valence-electron chi connectivity index (χ0n) is 13.1. The lowest BCUT2D eigenvalue weighted by molar-refractivity contribution is -0.134. The third-order valence-electron chi connectivity index (χ3n) is 3.67. The summed E-state index contributed by atoms with van der Waals surface area (Å²) in [5.41, 5.74) is 1.97. The number of amides is 1. The topological polar surface area (TPSA) is 59.0 Å². The number of esters is 1.